The smallest absolute Gasteiger partial charge is 0.0700 e. The van der Waals surface area contributed by atoms with Crippen molar-refractivity contribution in [2.24, 2.45) is 5.92 Å². The Labute approximate surface area is 68.3 Å². The van der Waals surface area contributed by atoms with E-state index in [-0.39, 0.29) is 0 Å². The highest BCUT2D eigenvalue weighted by atomic mass is 79.9. The van der Waals surface area contributed by atoms with Crippen LogP contribution in [0.15, 0.2) is 0 Å². The molecule has 0 aliphatic rings. The maximum atomic E-state index is 3.43. The Kier molecular flexibility index (Phi) is 5.38. The van der Waals surface area contributed by atoms with Crippen molar-refractivity contribution in [2.75, 3.05) is 0 Å². The standard InChI is InChI=1S/C6H12Br2/c1-3-5(2)4-6(7)8/h5-6H,3-4H2,1-2H3. The molecule has 1 unspecified atom stereocenters. The van der Waals surface area contributed by atoms with Gasteiger partial charge in [-0.1, -0.05) is 52.1 Å². The molecule has 2 heteroatoms. The van der Waals surface area contributed by atoms with Crippen molar-refractivity contribution in [1.82, 2.24) is 0 Å². The Morgan fingerprint density at radius 2 is 1.88 bits per heavy atom. The molecule has 1 atom stereocenters. The van der Waals surface area contributed by atoms with E-state index in [4.69, 9.17) is 0 Å². The van der Waals surface area contributed by atoms with Gasteiger partial charge in [0.05, 0.1) is 3.74 Å². The van der Waals surface area contributed by atoms with Gasteiger partial charge in [0.1, 0.15) is 0 Å². The number of hydrogen-bond acceptors (Lipinski definition) is 0. The molecule has 0 rings (SSSR count). The Morgan fingerprint density at radius 3 is 2.00 bits per heavy atom. The van der Waals surface area contributed by atoms with Gasteiger partial charge in [0.25, 0.3) is 0 Å². The van der Waals surface area contributed by atoms with E-state index in [0.29, 0.717) is 3.74 Å². The maximum absolute atomic E-state index is 3.43. The summed E-state index contributed by atoms with van der Waals surface area (Å²) in [7, 11) is 0. The van der Waals surface area contributed by atoms with E-state index < -0.39 is 0 Å². The Balaban J connectivity index is 3.10. The first-order valence-electron chi connectivity index (χ1n) is 2.95. The molecule has 0 heterocycles. The van der Waals surface area contributed by atoms with Crippen LogP contribution >= 0.6 is 31.9 Å². The number of alkyl halides is 2. The lowest BCUT2D eigenvalue weighted by molar-refractivity contribution is 0.544. The first kappa shape index (κ1) is 8.96. The van der Waals surface area contributed by atoms with Crippen molar-refractivity contribution in [1.29, 1.82) is 0 Å². The molecule has 0 aliphatic heterocycles. The molecule has 0 spiro atoms. The minimum atomic E-state index is 0.505. The second-order valence-corrected chi connectivity index (χ2v) is 5.58. The molecule has 0 saturated heterocycles. The van der Waals surface area contributed by atoms with Gasteiger partial charge in [-0.15, -0.1) is 0 Å². The quantitative estimate of drug-likeness (QED) is 0.666. The molecule has 8 heavy (non-hydrogen) atoms. The van der Waals surface area contributed by atoms with E-state index in [1.54, 1.807) is 0 Å². The lowest BCUT2D eigenvalue weighted by atomic mass is 10.1. The molecule has 50 valence electrons. The van der Waals surface area contributed by atoms with Gasteiger partial charge < -0.3 is 0 Å². The first-order chi connectivity index (χ1) is 3.66. The number of hydrogen-bond donors (Lipinski definition) is 0. The SMILES string of the molecule is CCC(C)CC(Br)Br. The lowest BCUT2D eigenvalue weighted by Gasteiger charge is -2.07. The van der Waals surface area contributed by atoms with Crippen LogP contribution in [0.5, 0.6) is 0 Å². The molecular formula is C6H12Br2. The molecular weight excluding hydrogens is 232 g/mol. The molecule has 0 radical (unpaired) electrons. The third-order valence-electron chi connectivity index (χ3n) is 1.28. The first-order valence-corrected chi connectivity index (χ1v) is 4.78. The van der Waals surface area contributed by atoms with Crippen LogP contribution in [0.3, 0.4) is 0 Å². The van der Waals surface area contributed by atoms with Crippen molar-refractivity contribution in [3.63, 3.8) is 0 Å². The summed E-state index contributed by atoms with van der Waals surface area (Å²) >= 11 is 6.86. The molecule has 0 amide bonds. The molecule has 0 fully saturated rings. The highest BCUT2D eigenvalue weighted by molar-refractivity contribution is 9.24. The molecule has 0 nitrogen and oxygen atoms in total. The largest absolute Gasteiger partial charge is 0.0765 e. The summed E-state index contributed by atoms with van der Waals surface area (Å²) in [6.07, 6.45) is 2.49. The van der Waals surface area contributed by atoms with Crippen LogP contribution in [-0.2, 0) is 0 Å². The third kappa shape index (κ3) is 5.10. The van der Waals surface area contributed by atoms with Gasteiger partial charge in [0.15, 0.2) is 0 Å². The summed E-state index contributed by atoms with van der Waals surface area (Å²) in [5, 5.41) is 0. The van der Waals surface area contributed by atoms with Crippen LogP contribution in [0.2, 0.25) is 0 Å². The number of rotatable bonds is 3. The van der Waals surface area contributed by atoms with Crippen molar-refractivity contribution >= 4 is 31.9 Å². The molecule has 0 N–H and O–H groups in total. The van der Waals surface area contributed by atoms with Gasteiger partial charge >= 0.3 is 0 Å². The van der Waals surface area contributed by atoms with E-state index in [9.17, 15) is 0 Å². The van der Waals surface area contributed by atoms with Crippen LogP contribution < -0.4 is 0 Å². The summed E-state index contributed by atoms with van der Waals surface area (Å²) < 4.78 is 0.505. The normalized spacial score (nSPS) is 14.6. The predicted octanol–water partition coefficient (Wildman–Crippen LogP) is 3.54. The minimum Gasteiger partial charge on any atom is -0.0765 e. The van der Waals surface area contributed by atoms with Crippen LogP contribution in [-0.4, -0.2) is 3.74 Å². The van der Waals surface area contributed by atoms with Gasteiger partial charge in [0, 0.05) is 0 Å². The zero-order valence-electron chi connectivity index (χ0n) is 5.32. The average molecular weight is 244 g/mol. The molecule has 0 bridgehead atoms. The number of halogens is 2. The van der Waals surface area contributed by atoms with Crippen molar-refractivity contribution < 1.29 is 0 Å². The second-order valence-electron chi connectivity index (χ2n) is 2.14. The Hall–Kier alpha value is 0.960. The topological polar surface area (TPSA) is 0 Å². The van der Waals surface area contributed by atoms with Crippen LogP contribution in [0.4, 0.5) is 0 Å². The summed E-state index contributed by atoms with van der Waals surface area (Å²) in [6.45, 7) is 4.47. The monoisotopic (exact) mass is 242 g/mol. The molecule has 0 aromatic heterocycles. The molecule has 0 aromatic carbocycles. The summed E-state index contributed by atoms with van der Waals surface area (Å²) in [6, 6.07) is 0. The zero-order chi connectivity index (χ0) is 6.57. The fourth-order valence-electron chi connectivity index (χ4n) is 0.471. The highest BCUT2D eigenvalue weighted by Gasteiger charge is 2.02. The molecule has 0 aromatic rings. The zero-order valence-corrected chi connectivity index (χ0v) is 8.50. The van der Waals surface area contributed by atoms with Crippen molar-refractivity contribution in [3.8, 4) is 0 Å². The van der Waals surface area contributed by atoms with Gasteiger partial charge in [-0.2, -0.15) is 0 Å². The Bertz CT molecular complexity index is 52.5. The predicted molar refractivity (Wildman–Crippen MR) is 45.7 cm³/mol. The summed E-state index contributed by atoms with van der Waals surface area (Å²) in [4.78, 5) is 0. The molecule has 0 saturated carbocycles. The highest BCUT2D eigenvalue weighted by Crippen LogP contribution is 2.19. The average Bonchev–Trinajstić information content (AvgIpc) is 1.65. The van der Waals surface area contributed by atoms with Gasteiger partial charge in [-0.25, -0.2) is 0 Å². The third-order valence-corrected chi connectivity index (χ3v) is 2.03. The molecule has 0 aliphatic carbocycles. The fourth-order valence-corrected chi connectivity index (χ4v) is 1.75. The summed E-state index contributed by atoms with van der Waals surface area (Å²) in [5.41, 5.74) is 0. The van der Waals surface area contributed by atoms with Crippen LogP contribution in [0.25, 0.3) is 0 Å². The van der Waals surface area contributed by atoms with E-state index in [1.807, 2.05) is 0 Å². The maximum Gasteiger partial charge on any atom is 0.0700 e. The van der Waals surface area contributed by atoms with E-state index >= 15 is 0 Å². The van der Waals surface area contributed by atoms with E-state index in [1.165, 1.54) is 12.8 Å². The van der Waals surface area contributed by atoms with Crippen molar-refractivity contribution in [2.45, 2.75) is 30.4 Å². The second kappa shape index (κ2) is 4.80. The van der Waals surface area contributed by atoms with Crippen LogP contribution in [0, 0.1) is 5.92 Å². The van der Waals surface area contributed by atoms with Gasteiger partial charge in [-0.3, -0.25) is 0 Å². The van der Waals surface area contributed by atoms with Crippen molar-refractivity contribution in [3.05, 3.63) is 0 Å². The fraction of sp³-hybridized carbons (Fsp3) is 1.00. The Morgan fingerprint density at radius 1 is 1.38 bits per heavy atom. The van der Waals surface area contributed by atoms with E-state index in [2.05, 4.69) is 45.7 Å². The minimum absolute atomic E-state index is 0.505. The summed E-state index contributed by atoms with van der Waals surface area (Å²) in [5.74, 6) is 0.832. The lowest BCUT2D eigenvalue weighted by Crippen LogP contribution is -1.96. The van der Waals surface area contributed by atoms with Crippen LogP contribution in [0.1, 0.15) is 26.7 Å². The van der Waals surface area contributed by atoms with Gasteiger partial charge in [0.2, 0.25) is 0 Å². The van der Waals surface area contributed by atoms with Gasteiger partial charge in [-0.05, 0) is 12.3 Å². The van der Waals surface area contributed by atoms with E-state index in [0.717, 1.165) is 5.92 Å².